The first-order chi connectivity index (χ1) is 8.78. The third kappa shape index (κ3) is 3.74. The van der Waals surface area contributed by atoms with Crippen molar-refractivity contribution < 1.29 is 0 Å². The average Bonchev–Trinajstić information content (AvgIpc) is 2.41. The van der Waals surface area contributed by atoms with E-state index < -0.39 is 0 Å². The number of unbranched alkanes of at least 4 members (excludes halogenated alkanes) is 1. The van der Waals surface area contributed by atoms with Crippen molar-refractivity contribution in [2.45, 2.75) is 39.7 Å². The molecule has 0 aromatic heterocycles. The Bertz CT molecular complexity index is 369. The van der Waals surface area contributed by atoms with E-state index in [-0.39, 0.29) is 9.52 Å². The van der Waals surface area contributed by atoms with Gasteiger partial charge in [0.1, 0.15) is 0 Å². The summed E-state index contributed by atoms with van der Waals surface area (Å²) in [5.74, 6) is 0. The van der Waals surface area contributed by atoms with Gasteiger partial charge in [0.05, 0.1) is 9.52 Å². The van der Waals surface area contributed by atoms with E-state index in [1.807, 2.05) is 0 Å². The molecule has 0 aliphatic carbocycles. The monoisotopic (exact) mass is 261 g/mol. The van der Waals surface area contributed by atoms with E-state index in [1.165, 1.54) is 30.1 Å². The maximum Gasteiger partial charge on any atom is 0.0556 e. The lowest BCUT2D eigenvalue weighted by Gasteiger charge is -2.24. The largest absolute Gasteiger partial charge is 0.372 e. The van der Waals surface area contributed by atoms with Crippen LogP contribution in [0.5, 0.6) is 0 Å². The zero-order valence-corrected chi connectivity index (χ0v) is 13.6. The molecule has 0 saturated carbocycles. The van der Waals surface area contributed by atoms with Gasteiger partial charge in [0, 0.05) is 18.8 Å². The lowest BCUT2D eigenvalue weighted by molar-refractivity contribution is 0.865. The minimum absolute atomic E-state index is 0.129. The highest BCUT2D eigenvalue weighted by atomic mass is 28.2. The number of hydrogen-bond acceptors (Lipinski definition) is 1. The second-order valence-electron chi connectivity index (χ2n) is 4.68. The van der Waals surface area contributed by atoms with E-state index in [1.54, 1.807) is 5.19 Å². The molecule has 0 saturated heterocycles. The van der Waals surface area contributed by atoms with Gasteiger partial charge in [0.15, 0.2) is 0 Å². The first-order valence-electron chi connectivity index (χ1n) is 7.27. The predicted molar refractivity (Wildman–Crippen MR) is 88.0 cm³/mol. The van der Waals surface area contributed by atoms with E-state index in [2.05, 4.69) is 56.5 Å². The molecule has 0 aliphatic heterocycles. The van der Waals surface area contributed by atoms with Crippen LogP contribution in [0.4, 0.5) is 5.69 Å². The van der Waals surface area contributed by atoms with Crippen molar-refractivity contribution in [3.63, 3.8) is 0 Å². The van der Waals surface area contributed by atoms with Crippen LogP contribution in [0, 0.1) is 0 Å². The van der Waals surface area contributed by atoms with Gasteiger partial charge in [-0.3, -0.25) is 0 Å². The predicted octanol–water partition coefficient (Wildman–Crippen LogP) is 3.19. The van der Waals surface area contributed by atoms with Crippen LogP contribution in [0.2, 0.25) is 6.04 Å². The van der Waals surface area contributed by atoms with E-state index >= 15 is 0 Å². The van der Waals surface area contributed by atoms with Gasteiger partial charge >= 0.3 is 0 Å². The van der Waals surface area contributed by atoms with Crippen molar-refractivity contribution in [3.8, 4) is 0 Å². The molecule has 0 radical (unpaired) electrons. The molecule has 1 nitrogen and oxygen atoms in total. The number of hydrogen-bond donors (Lipinski definition) is 0. The molecule has 2 heteroatoms. The molecule has 0 fully saturated rings. The van der Waals surface area contributed by atoms with Crippen molar-refractivity contribution in [2.75, 3.05) is 18.0 Å². The molecule has 1 rings (SSSR count). The Kier molecular flexibility index (Phi) is 6.80. The van der Waals surface area contributed by atoms with Gasteiger partial charge < -0.3 is 4.90 Å². The Morgan fingerprint density at radius 3 is 2.50 bits per heavy atom. The highest BCUT2D eigenvalue weighted by molar-refractivity contribution is 6.54. The Balaban J connectivity index is 2.97. The average molecular weight is 261 g/mol. The topological polar surface area (TPSA) is 3.24 Å². The molecule has 0 atom stereocenters. The zero-order valence-electron chi connectivity index (χ0n) is 12.2. The summed E-state index contributed by atoms with van der Waals surface area (Å²) in [6.07, 6.45) is 4.74. The lowest BCUT2D eigenvalue weighted by Crippen LogP contribution is -2.26. The van der Waals surface area contributed by atoms with E-state index in [0.717, 1.165) is 13.1 Å². The maximum atomic E-state index is 4.03. The molecule has 0 bridgehead atoms. The molecular weight excluding hydrogens is 234 g/mol. The highest BCUT2D eigenvalue weighted by Crippen LogP contribution is 2.19. The fraction of sp³-hybridized carbons (Fsp3) is 0.500. The smallest absolute Gasteiger partial charge is 0.0556 e. The Hall–Kier alpha value is -1.02. The van der Waals surface area contributed by atoms with Crippen LogP contribution in [0.3, 0.4) is 0 Å². The quantitative estimate of drug-likeness (QED) is 0.513. The number of benzene rings is 1. The number of rotatable bonds is 8. The standard InChI is InChI=1S/C16H27NSi/c1-5-9-13-18-16-12-10-11-15(14(16)6-2)17(7-3)8-4/h6,10-12H,2,5,7-9,13,18H2,1,3-4H3. The van der Waals surface area contributed by atoms with Crippen LogP contribution in [0.1, 0.15) is 39.2 Å². The first kappa shape index (κ1) is 15.0. The second-order valence-corrected chi connectivity index (χ2v) is 6.65. The third-order valence-electron chi connectivity index (χ3n) is 3.53. The summed E-state index contributed by atoms with van der Waals surface area (Å²) in [5.41, 5.74) is 2.76. The van der Waals surface area contributed by atoms with Crippen LogP contribution >= 0.6 is 0 Å². The molecule has 0 amide bonds. The summed E-state index contributed by atoms with van der Waals surface area (Å²) in [7, 11) is -0.129. The fourth-order valence-corrected chi connectivity index (χ4v) is 4.49. The lowest BCUT2D eigenvalue weighted by atomic mass is 10.1. The summed E-state index contributed by atoms with van der Waals surface area (Å²) in [6.45, 7) is 12.9. The summed E-state index contributed by atoms with van der Waals surface area (Å²) < 4.78 is 0. The maximum absolute atomic E-state index is 4.03. The SMILES string of the molecule is C=Cc1c([SiH2]CCCC)cccc1N(CC)CC. The number of nitrogens with zero attached hydrogens (tertiary/aromatic N) is 1. The molecule has 0 heterocycles. The van der Waals surface area contributed by atoms with Crippen molar-refractivity contribution in [3.05, 3.63) is 30.3 Å². The van der Waals surface area contributed by atoms with Crippen LogP contribution < -0.4 is 10.1 Å². The Labute approximate surface area is 115 Å². The summed E-state index contributed by atoms with van der Waals surface area (Å²) in [6, 6.07) is 8.18. The minimum Gasteiger partial charge on any atom is -0.372 e. The third-order valence-corrected chi connectivity index (χ3v) is 5.54. The van der Waals surface area contributed by atoms with Gasteiger partial charge in [0.25, 0.3) is 0 Å². The molecule has 0 spiro atoms. The van der Waals surface area contributed by atoms with Gasteiger partial charge in [0.2, 0.25) is 0 Å². The first-order valence-corrected chi connectivity index (χ1v) is 8.98. The summed E-state index contributed by atoms with van der Waals surface area (Å²) in [4.78, 5) is 2.43. The van der Waals surface area contributed by atoms with Crippen LogP contribution in [-0.2, 0) is 0 Å². The van der Waals surface area contributed by atoms with Gasteiger partial charge in [-0.25, -0.2) is 0 Å². The Morgan fingerprint density at radius 2 is 1.94 bits per heavy atom. The normalized spacial score (nSPS) is 11.1. The molecule has 0 aliphatic rings. The van der Waals surface area contributed by atoms with Crippen molar-refractivity contribution >= 4 is 26.5 Å². The Morgan fingerprint density at radius 1 is 1.22 bits per heavy atom. The van der Waals surface area contributed by atoms with E-state index in [9.17, 15) is 0 Å². The number of anilines is 1. The van der Waals surface area contributed by atoms with Gasteiger partial charge in [-0.1, -0.05) is 55.8 Å². The van der Waals surface area contributed by atoms with Crippen molar-refractivity contribution in [1.82, 2.24) is 0 Å². The van der Waals surface area contributed by atoms with Gasteiger partial charge in [-0.2, -0.15) is 0 Å². The van der Waals surface area contributed by atoms with Crippen molar-refractivity contribution in [1.29, 1.82) is 0 Å². The van der Waals surface area contributed by atoms with Crippen LogP contribution in [-0.4, -0.2) is 22.6 Å². The molecule has 1 aromatic carbocycles. The molecule has 0 unspecified atom stereocenters. The molecule has 18 heavy (non-hydrogen) atoms. The summed E-state index contributed by atoms with van der Waals surface area (Å²) in [5, 5.41) is 1.59. The highest BCUT2D eigenvalue weighted by Gasteiger charge is 2.09. The van der Waals surface area contributed by atoms with Crippen LogP contribution in [0.25, 0.3) is 6.08 Å². The molecule has 100 valence electrons. The van der Waals surface area contributed by atoms with Gasteiger partial charge in [-0.15, -0.1) is 0 Å². The molecule has 0 N–H and O–H groups in total. The second kappa shape index (κ2) is 8.14. The fourth-order valence-electron chi connectivity index (χ4n) is 2.46. The van der Waals surface area contributed by atoms with Crippen molar-refractivity contribution in [2.24, 2.45) is 0 Å². The zero-order chi connectivity index (χ0) is 13.4. The molecular formula is C16H27NSi. The van der Waals surface area contributed by atoms with Gasteiger partial charge in [-0.05, 0) is 25.5 Å². The molecule has 1 aromatic rings. The van der Waals surface area contributed by atoms with Crippen LogP contribution in [0.15, 0.2) is 24.8 Å². The summed E-state index contributed by atoms with van der Waals surface area (Å²) >= 11 is 0. The van der Waals surface area contributed by atoms with E-state index in [4.69, 9.17) is 0 Å². The minimum atomic E-state index is -0.129. The van der Waals surface area contributed by atoms with E-state index in [0.29, 0.717) is 0 Å².